The molecular weight excluding hydrogens is 578 g/mol. The Morgan fingerprint density at radius 1 is 1.00 bits per heavy atom. The van der Waals surface area contributed by atoms with Gasteiger partial charge in [0.15, 0.2) is 0 Å². The number of nitrogens with one attached hydrogen (secondary N) is 1. The maximum absolute atomic E-state index is 13.7. The largest absolute Gasteiger partial charge is 0.466 e. The van der Waals surface area contributed by atoms with E-state index in [2.05, 4.69) is 25.3 Å². The molecule has 0 amide bonds. The normalized spacial score (nSPS) is 15.0. The number of carbonyl (C=O) groups excluding carboxylic acids is 1. The van der Waals surface area contributed by atoms with Gasteiger partial charge in [0.1, 0.15) is 17.3 Å². The van der Waals surface area contributed by atoms with E-state index in [1.807, 2.05) is 4.90 Å². The predicted molar refractivity (Wildman–Crippen MR) is 145 cm³/mol. The minimum Gasteiger partial charge on any atom is -0.466 e. The zero-order valence-electron chi connectivity index (χ0n) is 22.8. The average molecular weight is 605 g/mol. The zero-order chi connectivity index (χ0) is 30.8. The minimum atomic E-state index is -4.63. The lowest BCUT2D eigenvalue weighted by atomic mass is 9.97. The number of fused-ring (bicyclic) bond motifs is 1. The van der Waals surface area contributed by atoms with Crippen LogP contribution in [0.15, 0.2) is 54.9 Å². The van der Waals surface area contributed by atoms with Gasteiger partial charge in [-0.2, -0.15) is 26.3 Å². The molecule has 1 aliphatic heterocycles. The lowest BCUT2D eigenvalue weighted by Gasteiger charge is -2.30. The third-order valence-corrected chi connectivity index (χ3v) is 7.02. The lowest BCUT2D eigenvalue weighted by Crippen LogP contribution is -2.37. The summed E-state index contributed by atoms with van der Waals surface area (Å²) in [4.78, 5) is 30.8. The van der Waals surface area contributed by atoms with Crippen LogP contribution in [0.25, 0.3) is 22.2 Å². The van der Waals surface area contributed by atoms with E-state index in [9.17, 15) is 31.1 Å². The van der Waals surface area contributed by atoms with E-state index in [0.29, 0.717) is 49.3 Å². The van der Waals surface area contributed by atoms with Crippen molar-refractivity contribution in [2.45, 2.75) is 38.7 Å². The summed E-state index contributed by atoms with van der Waals surface area (Å²) in [5, 5.41) is 3.41. The molecule has 0 radical (unpaired) electrons. The number of esters is 1. The summed E-state index contributed by atoms with van der Waals surface area (Å²) in [5.74, 6) is 0.133. The number of likely N-dealkylation sites (tertiary alicyclic amines) is 1. The van der Waals surface area contributed by atoms with Gasteiger partial charge >= 0.3 is 18.3 Å². The lowest BCUT2D eigenvalue weighted by molar-refractivity contribution is -0.149. The molecule has 0 unspecified atom stereocenters. The summed E-state index contributed by atoms with van der Waals surface area (Å²) in [6, 6.07) is 8.66. The second-order valence-corrected chi connectivity index (χ2v) is 9.98. The van der Waals surface area contributed by atoms with Crippen LogP contribution in [0.3, 0.4) is 0 Å². The number of ether oxygens (including phenoxy) is 1. The molecule has 0 atom stereocenters. The van der Waals surface area contributed by atoms with Gasteiger partial charge in [-0.15, -0.1) is 0 Å². The van der Waals surface area contributed by atoms with Gasteiger partial charge in [-0.1, -0.05) is 6.07 Å². The van der Waals surface area contributed by atoms with E-state index in [1.165, 1.54) is 36.5 Å². The molecule has 0 saturated carbocycles. The monoisotopic (exact) mass is 604 g/mol. The van der Waals surface area contributed by atoms with Crippen molar-refractivity contribution >= 4 is 28.4 Å². The molecule has 1 aromatic carbocycles. The maximum atomic E-state index is 13.7. The molecule has 1 aliphatic rings. The molecule has 8 nitrogen and oxygen atoms in total. The molecule has 3 aromatic heterocycles. The molecule has 0 spiro atoms. The number of alkyl halides is 6. The number of nitrogens with zero attached hydrogens (tertiary/aromatic N) is 5. The topological polar surface area (TPSA) is 93.1 Å². The Bertz CT molecular complexity index is 1600. The first kappa shape index (κ1) is 30.1. The van der Waals surface area contributed by atoms with Crippen LogP contribution in [-0.4, -0.2) is 50.5 Å². The number of aromatic nitrogens is 4. The Labute approximate surface area is 242 Å². The van der Waals surface area contributed by atoms with Crippen molar-refractivity contribution < 1.29 is 35.9 Å². The molecule has 4 heterocycles. The van der Waals surface area contributed by atoms with Crippen molar-refractivity contribution in [3.8, 4) is 11.3 Å². The van der Waals surface area contributed by atoms with E-state index < -0.39 is 23.6 Å². The molecule has 0 bridgehead atoms. The smallest absolute Gasteiger partial charge is 0.433 e. The van der Waals surface area contributed by atoms with Crippen molar-refractivity contribution in [1.29, 1.82) is 0 Å². The summed E-state index contributed by atoms with van der Waals surface area (Å²) in [6.45, 7) is 3.46. The number of pyridine rings is 2. The summed E-state index contributed by atoms with van der Waals surface area (Å²) in [5.41, 5.74) is -1.50. The molecule has 5 rings (SSSR count). The second-order valence-electron chi connectivity index (χ2n) is 9.98. The van der Waals surface area contributed by atoms with Gasteiger partial charge in [-0.25, -0.2) is 15.0 Å². The summed E-state index contributed by atoms with van der Waals surface area (Å²) in [7, 11) is 0. The quantitative estimate of drug-likeness (QED) is 0.185. The van der Waals surface area contributed by atoms with Crippen LogP contribution < -0.4 is 5.32 Å². The molecule has 14 heteroatoms. The number of hydrogen-bond acceptors (Lipinski definition) is 8. The highest BCUT2D eigenvalue weighted by Crippen LogP contribution is 2.37. The highest BCUT2D eigenvalue weighted by Gasteiger charge is 2.35. The zero-order valence-corrected chi connectivity index (χ0v) is 22.8. The number of benzene rings is 1. The third kappa shape index (κ3) is 7.01. The van der Waals surface area contributed by atoms with Crippen LogP contribution in [-0.2, 0) is 28.4 Å². The fourth-order valence-electron chi connectivity index (χ4n) is 4.91. The summed E-state index contributed by atoms with van der Waals surface area (Å²) < 4.78 is 85.3. The van der Waals surface area contributed by atoms with Crippen LogP contribution in [0.5, 0.6) is 0 Å². The van der Waals surface area contributed by atoms with Crippen molar-refractivity contribution in [1.82, 2.24) is 24.8 Å². The van der Waals surface area contributed by atoms with Gasteiger partial charge in [0.25, 0.3) is 0 Å². The van der Waals surface area contributed by atoms with Gasteiger partial charge in [0.2, 0.25) is 0 Å². The summed E-state index contributed by atoms with van der Waals surface area (Å²) >= 11 is 0. The molecule has 1 N–H and O–H groups in total. The van der Waals surface area contributed by atoms with Gasteiger partial charge < -0.3 is 10.1 Å². The predicted octanol–water partition coefficient (Wildman–Crippen LogP) is 6.64. The number of rotatable bonds is 7. The Morgan fingerprint density at radius 2 is 1.77 bits per heavy atom. The number of hydrogen-bond donors (Lipinski definition) is 1. The van der Waals surface area contributed by atoms with E-state index in [4.69, 9.17) is 4.74 Å². The van der Waals surface area contributed by atoms with Crippen molar-refractivity contribution in [3.63, 3.8) is 0 Å². The highest BCUT2D eigenvalue weighted by molar-refractivity contribution is 5.93. The van der Waals surface area contributed by atoms with Gasteiger partial charge in [0.05, 0.1) is 47.7 Å². The van der Waals surface area contributed by atoms with Crippen LogP contribution in [0.1, 0.15) is 36.8 Å². The van der Waals surface area contributed by atoms with Crippen LogP contribution in [0, 0.1) is 5.92 Å². The van der Waals surface area contributed by atoms with Crippen LogP contribution in [0.4, 0.5) is 37.8 Å². The van der Waals surface area contributed by atoms with Crippen molar-refractivity contribution in [3.05, 3.63) is 71.9 Å². The van der Waals surface area contributed by atoms with Gasteiger partial charge in [-0.05, 0) is 69.3 Å². The fraction of sp³-hybridized carbons (Fsp3) is 0.345. The molecule has 43 heavy (non-hydrogen) atoms. The van der Waals surface area contributed by atoms with Gasteiger partial charge in [-0.3, -0.25) is 14.7 Å². The molecule has 1 fully saturated rings. The maximum Gasteiger partial charge on any atom is 0.433 e. The molecular formula is C29H26F6N6O2. The van der Waals surface area contributed by atoms with Crippen LogP contribution >= 0.6 is 0 Å². The number of carbonyl (C=O) groups is 1. The number of piperidine rings is 1. The molecule has 4 aromatic rings. The molecule has 226 valence electrons. The van der Waals surface area contributed by atoms with E-state index in [0.717, 1.165) is 18.3 Å². The Hall–Kier alpha value is -4.33. The fourth-order valence-corrected chi connectivity index (χ4v) is 4.91. The third-order valence-electron chi connectivity index (χ3n) is 7.02. The van der Waals surface area contributed by atoms with E-state index in [1.54, 1.807) is 6.92 Å². The Balaban J connectivity index is 1.49. The van der Waals surface area contributed by atoms with Crippen LogP contribution in [0.2, 0.25) is 0 Å². The minimum absolute atomic E-state index is 0.183. The standard InChI is InChI=1S/C29H26F6N6O2/c1-2-43-27(42)17-9-12-41(13-10-17)16-24-39-22-14-18(25-21(28(30,31)32)4-3-11-36-25)5-7-20(22)26(40-24)38-19-6-8-23(37-15-19)29(33,34)35/h3-8,11,14-15,17H,2,9-10,12-13,16H2,1H3,(H,38,39,40). The van der Waals surface area contributed by atoms with Crippen molar-refractivity contribution in [2.24, 2.45) is 5.92 Å². The van der Waals surface area contributed by atoms with Crippen molar-refractivity contribution in [2.75, 3.05) is 25.0 Å². The first-order valence-corrected chi connectivity index (χ1v) is 13.4. The molecule has 1 saturated heterocycles. The highest BCUT2D eigenvalue weighted by atomic mass is 19.4. The van der Waals surface area contributed by atoms with E-state index >= 15 is 0 Å². The van der Waals surface area contributed by atoms with Gasteiger partial charge in [0, 0.05) is 17.1 Å². The Morgan fingerprint density at radius 3 is 2.42 bits per heavy atom. The average Bonchev–Trinajstić information content (AvgIpc) is 2.97. The SMILES string of the molecule is CCOC(=O)C1CCN(Cc2nc(Nc3ccc(C(F)(F)F)nc3)c3ccc(-c4ncccc4C(F)(F)F)cc3n2)CC1. The second kappa shape index (κ2) is 12.1. The molecule has 0 aliphatic carbocycles. The number of anilines is 2. The first-order chi connectivity index (χ1) is 20.4. The number of halogens is 6. The first-order valence-electron chi connectivity index (χ1n) is 13.4. The van der Waals surface area contributed by atoms with E-state index in [-0.39, 0.29) is 41.2 Å². The summed E-state index contributed by atoms with van der Waals surface area (Å²) in [6.07, 6.45) is -5.78. The Kier molecular flexibility index (Phi) is 8.49.